The number of methoxy groups -OCH3 is 1. The summed E-state index contributed by atoms with van der Waals surface area (Å²) in [6.07, 6.45) is 1.49. The highest BCUT2D eigenvalue weighted by atomic mass is 16.5. The van der Waals surface area contributed by atoms with Gasteiger partial charge in [-0.2, -0.15) is 0 Å². The van der Waals surface area contributed by atoms with E-state index in [2.05, 4.69) is 11.7 Å². The summed E-state index contributed by atoms with van der Waals surface area (Å²) in [6.45, 7) is 3.53. The first-order valence-electron chi connectivity index (χ1n) is 3.80. The van der Waals surface area contributed by atoms with Gasteiger partial charge in [0.1, 0.15) is 11.5 Å². The van der Waals surface area contributed by atoms with Crippen molar-refractivity contribution in [2.75, 3.05) is 7.11 Å². The van der Waals surface area contributed by atoms with Gasteiger partial charge in [0.2, 0.25) is 0 Å². The molecule has 0 atom stereocenters. The molecule has 0 aliphatic carbocycles. The molecule has 0 saturated heterocycles. The fraction of sp³-hybridized carbons (Fsp3) is 0.100. The monoisotopic (exact) mass is 177 g/mol. The highest BCUT2D eigenvalue weighted by Crippen LogP contribution is 2.12. The molecule has 0 aromatic heterocycles. The van der Waals surface area contributed by atoms with Gasteiger partial charge in [0, 0.05) is 5.56 Å². The summed E-state index contributed by atoms with van der Waals surface area (Å²) >= 11 is 0. The predicted molar refractivity (Wildman–Crippen MR) is 51.5 cm³/mol. The smallest absolute Gasteiger partial charge is 0.118 e. The van der Waals surface area contributed by atoms with Crippen LogP contribution in [0.2, 0.25) is 0 Å². The first-order chi connectivity index (χ1) is 6.31. The van der Waals surface area contributed by atoms with Crippen LogP contribution in [0.4, 0.5) is 0 Å². The summed E-state index contributed by atoms with van der Waals surface area (Å²) in [5, 5.41) is 11.7. The van der Waals surface area contributed by atoms with E-state index in [1.807, 2.05) is 0 Å². The molecule has 0 unspecified atom stereocenters. The molecule has 1 aromatic carbocycles. The predicted octanol–water partition coefficient (Wildman–Crippen LogP) is 2.06. The summed E-state index contributed by atoms with van der Waals surface area (Å²) < 4.78 is 4.99. The van der Waals surface area contributed by atoms with Gasteiger partial charge in [0.25, 0.3) is 0 Å². The molecule has 3 heteroatoms. The van der Waals surface area contributed by atoms with Crippen molar-refractivity contribution in [2.24, 2.45) is 5.16 Å². The number of hydrogen-bond donors (Lipinski definition) is 1. The summed E-state index contributed by atoms with van der Waals surface area (Å²) in [7, 11) is 1.60. The molecule has 0 fully saturated rings. The molecule has 0 spiro atoms. The van der Waals surface area contributed by atoms with E-state index in [9.17, 15) is 0 Å². The molecule has 68 valence electrons. The number of benzene rings is 1. The van der Waals surface area contributed by atoms with Gasteiger partial charge < -0.3 is 9.94 Å². The zero-order chi connectivity index (χ0) is 9.68. The average molecular weight is 177 g/mol. The Morgan fingerprint density at radius 1 is 1.46 bits per heavy atom. The Morgan fingerprint density at radius 2 is 2.08 bits per heavy atom. The zero-order valence-electron chi connectivity index (χ0n) is 7.40. The summed E-state index contributed by atoms with van der Waals surface area (Å²) in [5.41, 5.74) is 1.25. The fourth-order valence-electron chi connectivity index (χ4n) is 0.978. The molecule has 0 heterocycles. The number of oxime groups is 1. The van der Waals surface area contributed by atoms with Crippen molar-refractivity contribution < 1.29 is 9.94 Å². The van der Waals surface area contributed by atoms with E-state index in [1.54, 1.807) is 31.4 Å². The minimum atomic E-state index is 0.447. The van der Waals surface area contributed by atoms with E-state index in [-0.39, 0.29) is 0 Å². The van der Waals surface area contributed by atoms with Crippen molar-refractivity contribution >= 4 is 5.71 Å². The van der Waals surface area contributed by atoms with Gasteiger partial charge in [-0.05, 0) is 30.3 Å². The maximum Gasteiger partial charge on any atom is 0.118 e. The van der Waals surface area contributed by atoms with Crippen molar-refractivity contribution in [1.29, 1.82) is 0 Å². The Labute approximate surface area is 77.0 Å². The Bertz CT molecular complexity index is 314. The van der Waals surface area contributed by atoms with Crippen LogP contribution in [0, 0.1) is 0 Å². The molecule has 1 rings (SSSR count). The molecule has 1 N–H and O–H groups in total. The van der Waals surface area contributed by atoms with Crippen LogP contribution >= 0.6 is 0 Å². The number of allylic oxidation sites excluding steroid dienone is 1. The molecule has 0 bridgehead atoms. The van der Waals surface area contributed by atoms with Crippen LogP contribution in [-0.2, 0) is 0 Å². The standard InChI is InChI=1S/C10H11NO2/c1-3-10(11-12)8-4-6-9(13-2)7-5-8/h3-7,12H,1H2,2H3. The lowest BCUT2D eigenvalue weighted by atomic mass is 10.1. The number of hydrogen-bond acceptors (Lipinski definition) is 3. The van der Waals surface area contributed by atoms with Gasteiger partial charge in [-0.1, -0.05) is 11.7 Å². The molecule has 3 nitrogen and oxygen atoms in total. The highest BCUT2D eigenvalue weighted by Gasteiger charge is 1.98. The van der Waals surface area contributed by atoms with Crippen molar-refractivity contribution in [1.82, 2.24) is 0 Å². The van der Waals surface area contributed by atoms with E-state index in [0.717, 1.165) is 11.3 Å². The third kappa shape index (κ3) is 2.08. The Morgan fingerprint density at radius 3 is 2.46 bits per heavy atom. The average Bonchev–Trinajstić information content (AvgIpc) is 2.21. The van der Waals surface area contributed by atoms with E-state index in [4.69, 9.17) is 9.94 Å². The molecule has 0 aliphatic heterocycles. The third-order valence-electron chi connectivity index (χ3n) is 1.69. The first kappa shape index (κ1) is 9.32. The van der Waals surface area contributed by atoms with Gasteiger partial charge in [-0.15, -0.1) is 0 Å². The van der Waals surface area contributed by atoms with Crippen molar-refractivity contribution in [3.8, 4) is 5.75 Å². The highest BCUT2D eigenvalue weighted by molar-refractivity contribution is 6.08. The van der Waals surface area contributed by atoms with Crippen LogP contribution in [0.3, 0.4) is 0 Å². The zero-order valence-corrected chi connectivity index (χ0v) is 7.40. The topological polar surface area (TPSA) is 41.8 Å². The summed E-state index contributed by atoms with van der Waals surface area (Å²) in [5.74, 6) is 0.769. The number of rotatable bonds is 3. The second-order valence-electron chi connectivity index (χ2n) is 2.42. The van der Waals surface area contributed by atoms with Crippen LogP contribution in [0.25, 0.3) is 0 Å². The first-order valence-corrected chi connectivity index (χ1v) is 3.80. The van der Waals surface area contributed by atoms with Crippen LogP contribution in [0.5, 0.6) is 5.75 Å². The Kier molecular flexibility index (Phi) is 3.09. The number of ether oxygens (including phenoxy) is 1. The molecule has 1 aromatic rings. The largest absolute Gasteiger partial charge is 0.497 e. The lowest BCUT2D eigenvalue weighted by Crippen LogP contribution is -1.95. The molecule has 0 saturated carbocycles. The van der Waals surface area contributed by atoms with Gasteiger partial charge in [-0.25, -0.2) is 0 Å². The van der Waals surface area contributed by atoms with Crippen LogP contribution in [0.1, 0.15) is 5.56 Å². The van der Waals surface area contributed by atoms with Crippen molar-refractivity contribution in [2.45, 2.75) is 0 Å². The van der Waals surface area contributed by atoms with E-state index in [0.29, 0.717) is 5.71 Å². The van der Waals surface area contributed by atoms with Gasteiger partial charge >= 0.3 is 0 Å². The van der Waals surface area contributed by atoms with Crippen LogP contribution < -0.4 is 4.74 Å². The van der Waals surface area contributed by atoms with Crippen LogP contribution in [0.15, 0.2) is 42.1 Å². The molecular formula is C10H11NO2. The van der Waals surface area contributed by atoms with Crippen LogP contribution in [-0.4, -0.2) is 18.0 Å². The molecule has 0 aliphatic rings. The van der Waals surface area contributed by atoms with Gasteiger partial charge in [-0.3, -0.25) is 0 Å². The SMILES string of the molecule is C=CC(=NO)c1ccc(OC)cc1. The lowest BCUT2D eigenvalue weighted by molar-refractivity contribution is 0.320. The maximum absolute atomic E-state index is 8.59. The van der Waals surface area contributed by atoms with E-state index < -0.39 is 0 Å². The van der Waals surface area contributed by atoms with Gasteiger partial charge in [0.15, 0.2) is 0 Å². The molecule has 0 amide bonds. The third-order valence-corrected chi connectivity index (χ3v) is 1.69. The molecular weight excluding hydrogens is 166 g/mol. The number of nitrogens with zero attached hydrogens (tertiary/aromatic N) is 1. The normalized spacial score (nSPS) is 11.0. The molecule has 13 heavy (non-hydrogen) atoms. The molecule has 0 radical (unpaired) electrons. The summed E-state index contributed by atoms with van der Waals surface area (Å²) in [4.78, 5) is 0. The lowest BCUT2D eigenvalue weighted by Gasteiger charge is -2.01. The second kappa shape index (κ2) is 4.30. The fourth-order valence-corrected chi connectivity index (χ4v) is 0.978. The van der Waals surface area contributed by atoms with E-state index in [1.165, 1.54) is 6.08 Å². The van der Waals surface area contributed by atoms with Gasteiger partial charge in [0.05, 0.1) is 7.11 Å². The van der Waals surface area contributed by atoms with Crippen molar-refractivity contribution in [3.05, 3.63) is 42.5 Å². The quantitative estimate of drug-likeness (QED) is 0.436. The minimum Gasteiger partial charge on any atom is -0.497 e. The van der Waals surface area contributed by atoms with E-state index >= 15 is 0 Å². The summed E-state index contributed by atoms with van der Waals surface area (Å²) in [6, 6.07) is 7.19. The van der Waals surface area contributed by atoms with Crippen molar-refractivity contribution in [3.63, 3.8) is 0 Å². The maximum atomic E-state index is 8.59. The Hall–Kier alpha value is -1.77. The second-order valence-corrected chi connectivity index (χ2v) is 2.42. The Balaban J connectivity index is 2.97. The minimum absolute atomic E-state index is 0.447.